The largest absolute Gasteiger partial charge is 0.455 e. The molecule has 182 valence electrons. The van der Waals surface area contributed by atoms with Crippen LogP contribution in [0.2, 0.25) is 0 Å². The van der Waals surface area contributed by atoms with Crippen molar-refractivity contribution < 1.29 is 4.42 Å². The van der Waals surface area contributed by atoms with Gasteiger partial charge in [0.1, 0.15) is 16.8 Å². The average molecular weight is 517 g/mol. The van der Waals surface area contributed by atoms with Gasteiger partial charge in [-0.3, -0.25) is 4.57 Å². The Labute approximate surface area is 227 Å². The van der Waals surface area contributed by atoms with Crippen molar-refractivity contribution in [3.05, 3.63) is 121 Å². The topological polar surface area (TPSA) is 31.0 Å². The number of fused-ring (bicyclic) bond motifs is 9. The maximum absolute atomic E-state index is 6.41. The maximum Gasteiger partial charge on any atom is 0.145 e. The predicted octanol–water partition coefficient (Wildman–Crippen LogP) is 10.1. The van der Waals surface area contributed by atoms with Crippen LogP contribution in [0.5, 0.6) is 0 Å². The smallest absolute Gasteiger partial charge is 0.145 e. The van der Waals surface area contributed by atoms with Crippen LogP contribution in [0.3, 0.4) is 0 Å². The molecular weight excluding hydrogens is 496 g/mol. The lowest BCUT2D eigenvalue weighted by molar-refractivity contribution is 0.670. The van der Waals surface area contributed by atoms with Crippen LogP contribution in [-0.2, 0) is 0 Å². The number of benzene rings is 5. The molecule has 0 radical (unpaired) electrons. The lowest BCUT2D eigenvalue weighted by atomic mass is 10.00. The van der Waals surface area contributed by atoms with E-state index in [-0.39, 0.29) is 0 Å². The summed E-state index contributed by atoms with van der Waals surface area (Å²) in [5, 5.41) is 7.22. The van der Waals surface area contributed by atoms with E-state index in [0.29, 0.717) is 0 Å². The van der Waals surface area contributed by atoms with Crippen molar-refractivity contribution in [1.29, 1.82) is 0 Å². The zero-order chi connectivity index (χ0) is 25.5. The molecule has 9 aromatic rings. The number of para-hydroxylation sites is 3. The number of nitrogens with zero attached hydrogens (tertiary/aromatic N) is 2. The van der Waals surface area contributed by atoms with Crippen LogP contribution in [0.25, 0.3) is 80.9 Å². The Morgan fingerprint density at radius 1 is 0.590 bits per heavy atom. The number of rotatable bonds is 2. The van der Waals surface area contributed by atoms with Gasteiger partial charge in [0.2, 0.25) is 0 Å². The number of thiophene rings is 1. The van der Waals surface area contributed by atoms with Crippen LogP contribution in [0.4, 0.5) is 0 Å². The molecule has 0 amide bonds. The van der Waals surface area contributed by atoms with E-state index in [1.165, 1.54) is 42.0 Å². The van der Waals surface area contributed by atoms with Gasteiger partial charge in [0.05, 0.1) is 5.52 Å². The Bertz CT molecular complexity index is 2350. The minimum absolute atomic E-state index is 0.924. The molecule has 0 unspecified atom stereocenters. The van der Waals surface area contributed by atoms with Crippen LogP contribution < -0.4 is 0 Å². The Morgan fingerprint density at radius 2 is 1.36 bits per heavy atom. The highest BCUT2D eigenvalue weighted by Crippen LogP contribution is 2.44. The normalized spacial score (nSPS) is 12.1. The zero-order valence-corrected chi connectivity index (χ0v) is 21.6. The molecule has 4 heteroatoms. The SMILES string of the molecule is c1ccc2c(c1)oc1c(-c3cccc4c3sc3ccc(-n5c6ccccc6c6cccnc65)cc34)cccc12. The molecule has 0 fully saturated rings. The molecule has 0 aliphatic carbocycles. The average Bonchev–Trinajstić information content (AvgIpc) is 3.66. The van der Waals surface area contributed by atoms with E-state index in [0.717, 1.165) is 38.8 Å². The molecule has 4 heterocycles. The Balaban J connectivity index is 1.31. The third-order valence-electron chi connectivity index (χ3n) is 7.87. The predicted molar refractivity (Wildman–Crippen MR) is 164 cm³/mol. The van der Waals surface area contributed by atoms with E-state index < -0.39 is 0 Å². The third kappa shape index (κ3) is 2.89. The van der Waals surface area contributed by atoms with Crippen molar-refractivity contribution in [3.63, 3.8) is 0 Å². The van der Waals surface area contributed by atoms with Gasteiger partial charge in [0.25, 0.3) is 0 Å². The van der Waals surface area contributed by atoms with Crippen molar-refractivity contribution in [3.8, 4) is 16.8 Å². The molecular formula is C35H20N2OS. The molecule has 39 heavy (non-hydrogen) atoms. The molecule has 3 nitrogen and oxygen atoms in total. The summed E-state index contributed by atoms with van der Waals surface area (Å²) in [4.78, 5) is 4.78. The van der Waals surface area contributed by atoms with Gasteiger partial charge >= 0.3 is 0 Å². The first-order valence-corrected chi connectivity index (χ1v) is 13.9. The highest BCUT2D eigenvalue weighted by atomic mass is 32.1. The first-order valence-electron chi connectivity index (χ1n) is 13.1. The van der Waals surface area contributed by atoms with Crippen LogP contribution >= 0.6 is 11.3 Å². The summed E-state index contributed by atoms with van der Waals surface area (Å²) in [7, 11) is 0. The van der Waals surface area contributed by atoms with E-state index in [2.05, 4.69) is 102 Å². The number of hydrogen-bond acceptors (Lipinski definition) is 3. The highest BCUT2D eigenvalue weighted by Gasteiger charge is 2.18. The third-order valence-corrected chi connectivity index (χ3v) is 9.09. The minimum atomic E-state index is 0.924. The second-order valence-corrected chi connectivity index (χ2v) is 11.0. The van der Waals surface area contributed by atoms with Gasteiger partial charge in [-0.2, -0.15) is 0 Å². The molecule has 0 saturated heterocycles. The fraction of sp³-hybridized carbons (Fsp3) is 0. The lowest BCUT2D eigenvalue weighted by Gasteiger charge is -2.07. The van der Waals surface area contributed by atoms with E-state index in [1.54, 1.807) is 0 Å². The van der Waals surface area contributed by atoms with Crippen molar-refractivity contribution >= 4 is 75.4 Å². The van der Waals surface area contributed by atoms with E-state index in [4.69, 9.17) is 9.40 Å². The molecule has 4 aromatic heterocycles. The molecule has 0 bridgehead atoms. The van der Waals surface area contributed by atoms with Crippen LogP contribution in [0.15, 0.2) is 126 Å². The van der Waals surface area contributed by atoms with Crippen LogP contribution in [0, 0.1) is 0 Å². The Kier molecular flexibility index (Phi) is 4.21. The molecule has 0 saturated carbocycles. The fourth-order valence-corrected chi connectivity index (χ4v) is 7.36. The first-order chi connectivity index (χ1) is 19.3. The van der Waals surface area contributed by atoms with Crippen molar-refractivity contribution in [1.82, 2.24) is 9.55 Å². The van der Waals surface area contributed by atoms with E-state index in [9.17, 15) is 0 Å². The summed E-state index contributed by atoms with van der Waals surface area (Å²) in [5.74, 6) is 0. The quantitative estimate of drug-likeness (QED) is 0.229. The zero-order valence-electron chi connectivity index (χ0n) is 20.8. The number of furan rings is 1. The van der Waals surface area contributed by atoms with Crippen LogP contribution in [0.1, 0.15) is 0 Å². The summed E-state index contributed by atoms with van der Waals surface area (Å²) in [5.41, 5.74) is 7.48. The molecule has 0 N–H and O–H groups in total. The van der Waals surface area contributed by atoms with Gasteiger partial charge < -0.3 is 4.42 Å². The standard InChI is InChI=1S/C35H20N2OS/c1-3-15-30-22(8-1)28-14-7-19-36-35(28)37(30)21-17-18-32-29(20-21)27-13-6-12-26(34(27)39-32)25-11-5-10-24-23-9-2-4-16-31(23)38-33(24)25/h1-20H. The first kappa shape index (κ1) is 21.1. The van der Waals surface area contributed by atoms with Gasteiger partial charge in [-0.1, -0.05) is 72.8 Å². The minimum Gasteiger partial charge on any atom is -0.455 e. The van der Waals surface area contributed by atoms with Crippen molar-refractivity contribution in [2.24, 2.45) is 0 Å². The Hall–Kier alpha value is -4.93. The second-order valence-electron chi connectivity index (χ2n) is 9.97. The summed E-state index contributed by atoms with van der Waals surface area (Å²) in [6, 6.07) is 40.9. The summed E-state index contributed by atoms with van der Waals surface area (Å²) in [6.45, 7) is 0. The highest BCUT2D eigenvalue weighted by molar-refractivity contribution is 7.26. The monoisotopic (exact) mass is 516 g/mol. The molecule has 5 aromatic carbocycles. The van der Waals surface area contributed by atoms with Crippen molar-refractivity contribution in [2.75, 3.05) is 0 Å². The molecule has 9 rings (SSSR count). The van der Waals surface area contributed by atoms with E-state index >= 15 is 0 Å². The van der Waals surface area contributed by atoms with Gasteiger partial charge in [-0.25, -0.2) is 4.98 Å². The van der Waals surface area contributed by atoms with Crippen LogP contribution in [-0.4, -0.2) is 9.55 Å². The molecule has 0 aliphatic heterocycles. The maximum atomic E-state index is 6.41. The summed E-state index contributed by atoms with van der Waals surface area (Å²) >= 11 is 1.85. The summed E-state index contributed by atoms with van der Waals surface area (Å²) in [6.07, 6.45) is 1.88. The fourth-order valence-electron chi connectivity index (χ4n) is 6.15. The van der Waals surface area contributed by atoms with Crippen molar-refractivity contribution in [2.45, 2.75) is 0 Å². The van der Waals surface area contributed by atoms with Gasteiger partial charge in [0.15, 0.2) is 0 Å². The van der Waals surface area contributed by atoms with Gasteiger partial charge in [-0.05, 0) is 42.5 Å². The van der Waals surface area contributed by atoms with Gasteiger partial charge in [-0.15, -0.1) is 11.3 Å². The number of pyridine rings is 1. The molecule has 0 spiro atoms. The molecule has 0 atom stereocenters. The Morgan fingerprint density at radius 3 is 2.31 bits per heavy atom. The second kappa shape index (κ2) is 7.79. The van der Waals surface area contributed by atoms with Gasteiger partial charge in [0, 0.05) is 64.7 Å². The van der Waals surface area contributed by atoms with E-state index in [1.807, 2.05) is 35.7 Å². The summed E-state index contributed by atoms with van der Waals surface area (Å²) < 4.78 is 11.2. The lowest BCUT2D eigenvalue weighted by Crippen LogP contribution is -1.94. The number of aromatic nitrogens is 2. The number of hydrogen-bond donors (Lipinski definition) is 0. The molecule has 0 aliphatic rings.